The molecule has 1 aromatic heterocycles. The van der Waals surface area contributed by atoms with Crippen LogP contribution in [0.5, 0.6) is 0 Å². The minimum atomic E-state index is 0.174. The van der Waals surface area contributed by atoms with Gasteiger partial charge in [0.1, 0.15) is 5.58 Å². The number of fused-ring (bicyclic) bond motifs is 1. The van der Waals surface area contributed by atoms with Crippen LogP contribution in [-0.4, -0.2) is 0 Å². The zero-order chi connectivity index (χ0) is 10.3. The summed E-state index contributed by atoms with van der Waals surface area (Å²) in [6.45, 7) is 6.60. The fraction of sp³-hybridized carbons (Fsp3) is 0.333. The Morgan fingerprint density at radius 1 is 1.14 bits per heavy atom. The molecule has 0 aliphatic heterocycles. The molecule has 74 valence electrons. The normalized spacial score (nSPS) is 12.3. The minimum Gasteiger partial charge on any atom is -0.449 e. The van der Waals surface area contributed by atoms with Crippen LogP contribution in [0.1, 0.15) is 26.3 Å². The molecule has 14 heavy (non-hydrogen) atoms. The van der Waals surface area contributed by atoms with Crippen LogP contribution in [-0.2, 0) is 5.41 Å². The highest BCUT2D eigenvalue weighted by Gasteiger charge is 2.14. The lowest BCUT2D eigenvalue weighted by molar-refractivity contribution is 0.573. The first-order valence-corrected chi connectivity index (χ1v) is 5.46. The summed E-state index contributed by atoms with van der Waals surface area (Å²) in [6, 6.07) is 8.36. The van der Waals surface area contributed by atoms with E-state index in [1.54, 1.807) is 0 Å². The number of halogens is 1. The van der Waals surface area contributed by atoms with E-state index >= 15 is 0 Å². The van der Waals surface area contributed by atoms with Crippen molar-refractivity contribution in [1.82, 2.24) is 0 Å². The second kappa shape index (κ2) is 3.13. The Morgan fingerprint density at radius 2 is 1.86 bits per heavy atom. The molecule has 0 amide bonds. The van der Waals surface area contributed by atoms with Crippen molar-refractivity contribution in [1.29, 1.82) is 0 Å². The molecule has 0 bridgehead atoms. The summed E-state index contributed by atoms with van der Waals surface area (Å²) in [4.78, 5) is 0. The zero-order valence-corrected chi connectivity index (χ0v) is 10.2. The van der Waals surface area contributed by atoms with Crippen molar-refractivity contribution in [2.75, 3.05) is 0 Å². The SMILES string of the molecule is CC(C)(C)c1ccc2cc(Br)oc2c1. The summed E-state index contributed by atoms with van der Waals surface area (Å²) in [5, 5.41) is 1.14. The van der Waals surface area contributed by atoms with E-state index < -0.39 is 0 Å². The lowest BCUT2D eigenvalue weighted by atomic mass is 9.87. The largest absolute Gasteiger partial charge is 0.449 e. The molecule has 1 heterocycles. The monoisotopic (exact) mass is 252 g/mol. The average molecular weight is 253 g/mol. The van der Waals surface area contributed by atoms with E-state index in [0.29, 0.717) is 0 Å². The van der Waals surface area contributed by atoms with Crippen LogP contribution >= 0.6 is 15.9 Å². The maximum absolute atomic E-state index is 5.52. The van der Waals surface area contributed by atoms with E-state index in [1.165, 1.54) is 5.56 Å². The maximum atomic E-state index is 5.52. The smallest absolute Gasteiger partial charge is 0.170 e. The molecule has 0 saturated heterocycles. The van der Waals surface area contributed by atoms with Crippen molar-refractivity contribution < 1.29 is 4.42 Å². The van der Waals surface area contributed by atoms with Crippen LogP contribution in [0, 0.1) is 0 Å². The molecule has 0 atom stereocenters. The van der Waals surface area contributed by atoms with Gasteiger partial charge in [-0.15, -0.1) is 0 Å². The first-order valence-electron chi connectivity index (χ1n) is 4.66. The van der Waals surface area contributed by atoms with E-state index in [-0.39, 0.29) is 5.41 Å². The molecule has 0 spiro atoms. The predicted molar refractivity (Wildman–Crippen MR) is 62.6 cm³/mol. The Morgan fingerprint density at radius 3 is 2.50 bits per heavy atom. The minimum absolute atomic E-state index is 0.174. The molecule has 1 nitrogen and oxygen atoms in total. The highest BCUT2D eigenvalue weighted by atomic mass is 79.9. The summed E-state index contributed by atoms with van der Waals surface area (Å²) in [6.07, 6.45) is 0. The Balaban J connectivity index is 2.62. The second-order valence-corrected chi connectivity index (χ2v) is 5.33. The number of furan rings is 1. The number of benzene rings is 1. The summed E-state index contributed by atoms with van der Waals surface area (Å²) in [7, 11) is 0. The van der Waals surface area contributed by atoms with Crippen LogP contribution in [0.25, 0.3) is 11.0 Å². The van der Waals surface area contributed by atoms with Gasteiger partial charge in [0.15, 0.2) is 4.67 Å². The summed E-state index contributed by atoms with van der Waals surface area (Å²) < 4.78 is 6.31. The average Bonchev–Trinajstić information content (AvgIpc) is 2.41. The number of hydrogen-bond donors (Lipinski definition) is 0. The Bertz CT molecular complexity index is 463. The standard InChI is InChI=1S/C12H13BrO/c1-12(2,3)9-5-4-8-6-11(13)14-10(8)7-9/h4-7H,1-3H3. The summed E-state index contributed by atoms with van der Waals surface area (Å²) in [5.41, 5.74) is 2.42. The lowest BCUT2D eigenvalue weighted by Crippen LogP contribution is -2.10. The van der Waals surface area contributed by atoms with Crippen molar-refractivity contribution in [2.45, 2.75) is 26.2 Å². The first-order chi connectivity index (χ1) is 6.47. The quantitative estimate of drug-likeness (QED) is 0.674. The van der Waals surface area contributed by atoms with Crippen molar-refractivity contribution in [3.05, 3.63) is 34.5 Å². The third-order valence-electron chi connectivity index (χ3n) is 2.36. The van der Waals surface area contributed by atoms with Gasteiger partial charge in [-0.2, -0.15) is 0 Å². The highest BCUT2D eigenvalue weighted by molar-refractivity contribution is 9.10. The summed E-state index contributed by atoms with van der Waals surface area (Å²) in [5.74, 6) is 0. The Kier molecular flexibility index (Phi) is 2.18. The zero-order valence-electron chi connectivity index (χ0n) is 8.60. The second-order valence-electron chi connectivity index (χ2n) is 4.55. The lowest BCUT2D eigenvalue weighted by Gasteiger charge is -2.18. The van der Waals surface area contributed by atoms with Crippen LogP contribution in [0.3, 0.4) is 0 Å². The molecule has 2 rings (SSSR count). The van der Waals surface area contributed by atoms with Crippen LogP contribution in [0.2, 0.25) is 0 Å². The van der Waals surface area contributed by atoms with Gasteiger partial charge in [-0.25, -0.2) is 0 Å². The topological polar surface area (TPSA) is 13.1 Å². The summed E-state index contributed by atoms with van der Waals surface area (Å²) >= 11 is 3.33. The van der Waals surface area contributed by atoms with Gasteiger partial charge in [0, 0.05) is 5.39 Å². The molecule has 0 N–H and O–H groups in total. The molecule has 2 heteroatoms. The maximum Gasteiger partial charge on any atom is 0.170 e. The molecule has 0 aliphatic rings. The third kappa shape index (κ3) is 1.71. The predicted octanol–water partition coefficient (Wildman–Crippen LogP) is 4.49. The van der Waals surface area contributed by atoms with Gasteiger partial charge in [0.25, 0.3) is 0 Å². The van der Waals surface area contributed by atoms with Gasteiger partial charge in [0.2, 0.25) is 0 Å². The molecule has 0 fully saturated rings. The van der Waals surface area contributed by atoms with Gasteiger partial charge in [-0.05, 0) is 39.0 Å². The van der Waals surface area contributed by atoms with Crippen molar-refractivity contribution in [2.24, 2.45) is 0 Å². The van der Waals surface area contributed by atoms with Gasteiger partial charge < -0.3 is 4.42 Å². The van der Waals surface area contributed by atoms with E-state index in [1.807, 2.05) is 6.07 Å². The molecule has 2 aromatic rings. The fourth-order valence-electron chi connectivity index (χ4n) is 1.47. The third-order valence-corrected chi connectivity index (χ3v) is 2.75. The Labute approximate surface area is 92.2 Å². The molecule has 0 unspecified atom stereocenters. The van der Waals surface area contributed by atoms with Gasteiger partial charge >= 0.3 is 0 Å². The highest BCUT2D eigenvalue weighted by Crippen LogP contribution is 2.29. The van der Waals surface area contributed by atoms with Gasteiger partial charge in [-0.3, -0.25) is 0 Å². The van der Waals surface area contributed by atoms with Crippen LogP contribution < -0.4 is 0 Å². The molecule has 0 radical (unpaired) electrons. The molecular weight excluding hydrogens is 240 g/mol. The fourth-order valence-corrected chi connectivity index (χ4v) is 1.89. The number of hydrogen-bond acceptors (Lipinski definition) is 1. The van der Waals surface area contributed by atoms with Gasteiger partial charge in [0.05, 0.1) is 0 Å². The van der Waals surface area contributed by atoms with E-state index in [0.717, 1.165) is 15.6 Å². The van der Waals surface area contributed by atoms with E-state index in [2.05, 4.69) is 54.9 Å². The molecular formula is C12H13BrO. The Hall–Kier alpha value is -0.760. The van der Waals surface area contributed by atoms with E-state index in [4.69, 9.17) is 4.42 Å². The van der Waals surface area contributed by atoms with Crippen LogP contribution in [0.4, 0.5) is 0 Å². The van der Waals surface area contributed by atoms with Crippen LogP contribution in [0.15, 0.2) is 33.4 Å². The number of rotatable bonds is 0. The molecule has 0 saturated carbocycles. The molecule has 0 aliphatic carbocycles. The van der Waals surface area contributed by atoms with Crippen molar-refractivity contribution in [3.63, 3.8) is 0 Å². The van der Waals surface area contributed by atoms with Gasteiger partial charge in [-0.1, -0.05) is 32.9 Å². The molecule has 1 aromatic carbocycles. The van der Waals surface area contributed by atoms with Crippen molar-refractivity contribution >= 4 is 26.9 Å². The van der Waals surface area contributed by atoms with E-state index in [9.17, 15) is 0 Å². The van der Waals surface area contributed by atoms with Crippen molar-refractivity contribution in [3.8, 4) is 0 Å². The first kappa shape index (κ1) is 9.78.